The molecule has 2 heterocycles. The summed E-state index contributed by atoms with van der Waals surface area (Å²) in [6, 6.07) is 8.68. The lowest BCUT2D eigenvalue weighted by molar-refractivity contribution is 0.624. The number of hydrogen-bond donors (Lipinski definition) is 1. The van der Waals surface area contributed by atoms with Crippen molar-refractivity contribution >= 4 is 22.8 Å². The molecule has 84 valence electrons. The number of nitrogens with one attached hydrogen (secondary N) is 1. The number of aromatic amines is 1. The molecular formula is C12H7ClFN3. The molecule has 0 saturated carbocycles. The predicted octanol–water partition coefficient (Wildman–Crippen LogP) is 3.42. The Kier molecular flexibility index (Phi) is 2.30. The second-order valence-electron chi connectivity index (χ2n) is 3.59. The first-order valence-electron chi connectivity index (χ1n) is 5.00. The second kappa shape index (κ2) is 3.82. The van der Waals surface area contributed by atoms with Crippen molar-refractivity contribution in [2.75, 3.05) is 0 Å². The van der Waals surface area contributed by atoms with Crippen LogP contribution in [-0.2, 0) is 0 Å². The average Bonchev–Trinajstić information content (AvgIpc) is 2.72. The van der Waals surface area contributed by atoms with E-state index in [9.17, 15) is 4.39 Å². The summed E-state index contributed by atoms with van der Waals surface area (Å²) in [5.41, 5.74) is 1.80. The van der Waals surface area contributed by atoms with Gasteiger partial charge in [0.15, 0.2) is 5.65 Å². The van der Waals surface area contributed by atoms with Crippen LogP contribution in [0.3, 0.4) is 0 Å². The number of imidazole rings is 1. The van der Waals surface area contributed by atoms with Gasteiger partial charge in [-0.15, -0.1) is 0 Å². The monoisotopic (exact) mass is 247 g/mol. The number of nitrogens with zero attached hydrogens (tertiary/aromatic N) is 2. The van der Waals surface area contributed by atoms with Crippen molar-refractivity contribution in [1.82, 2.24) is 15.0 Å². The first-order chi connectivity index (χ1) is 8.24. The molecule has 17 heavy (non-hydrogen) atoms. The van der Waals surface area contributed by atoms with Gasteiger partial charge < -0.3 is 4.98 Å². The van der Waals surface area contributed by atoms with Crippen LogP contribution in [0, 0.1) is 5.82 Å². The molecule has 0 bridgehead atoms. The molecule has 5 heteroatoms. The van der Waals surface area contributed by atoms with Crippen molar-refractivity contribution in [2.45, 2.75) is 0 Å². The van der Waals surface area contributed by atoms with Gasteiger partial charge in [0.2, 0.25) is 0 Å². The van der Waals surface area contributed by atoms with Crippen molar-refractivity contribution in [2.24, 2.45) is 0 Å². The molecule has 3 aromatic rings. The van der Waals surface area contributed by atoms with Crippen molar-refractivity contribution < 1.29 is 4.39 Å². The molecule has 1 aromatic carbocycles. The number of fused-ring (bicyclic) bond motifs is 1. The summed E-state index contributed by atoms with van der Waals surface area (Å²) in [4.78, 5) is 11.2. The molecule has 3 nitrogen and oxygen atoms in total. The van der Waals surface area contributed by atoms with Crippen molar-refractivity contribution in [1.29, 1.82) is 0 Å². The van der Waals surface area contributed by atoms with Crippen molar-refractivity contribution in [3.8, 4) is 11.4 Å². The highest BCUT2D eigenvalue weighted by molar-refractivity contribution is 6.33. The number of H-pyrrole nitrogens is 1. The Morgan fingerprint density at radius 2 is 2.06 bits per heavy atom. The van der Waals surface area contributed by atoms with E-state index in [1.165, 1.54) is 6.07 Å². The molecule has 2 aromatic heterocycles. The number of aromatic nitrogens is 3. The third-order valence-corrected chi connectivity index (χ3v) is 2.76. The molecule has 0 atom stereocenters. The zero-order chi connectivity index (χ0) is 11.8. The van der Waals surface area contributed by atoms with Crippen LogP contribution in [0.15, 0.2) is 36.5 Å². The first-order valence-corrected chi connectivity index (χ1v) is 5.38. The van der Waals surface area contributed by atoms with Gasteiger partial charge >= 0.3 is 0 Å². The fraction of sp³-hybridized carbons (Fsp3) is 0. The highest BCUT2D eigenvalue weighted by Crippen LogP contribution is 2.26. The van der Waals surface area contributed by atoms with E-state index in [-0.39, 0.29) is 0 Å². The quantitative estimate of drug-likeness (QED) is 0.716. The van der Waals surface area contributed by atoms with Crippen molar-refractivity contribution in [3.63, 3.8) is 0 Å². The molecule has 0 unspecified atom stereocenters. The molecule has 0 aliphatic rings. The summed E-state index contributed by atoms with van der Waals surface area (Å²) in [5.74, 6) is 0.190. The molecule has 3 rings (SSSR count). The Morgan fingerprint density at radius 1 is 1.24 bits per heavy atom. The number of pyridine rings is 1. The van der Waals surface area contributed by atoms with Gasteiger partial charge in [-0.05, 0) is 12.1 Å². The largest absolute Gasteiger partial charge is 0.336 e. The van der Waals surface area contributed by atoms with Crippen LogP contribution in [0.2, 0.25) is 5.02 Å². The third kappa shape index (κ3) is 1.76. The summed E-state index contributed by atoms with van der Waals surface area (Å²) < 4.78 is 13.0. The van der Waals surface area contributed by atoms with E-state index in [0.717, 1.165) is 11.8 Å². The Labute approximate surface area is 101 Å². The lowest BCUT2D eigenvalue weighted by Gasteiger charge is -1.98. The fourth-order valence-electron chi connectivity index (χ4n) is 1.66. The SMILES string of the molecule is Fc1cnc2nc(-c3ccccc3Cl)[nH]c2c1. The normalized spacial score (nSPS) is 10.9. The maximum atomic E-state index is 13.0. The number of halogens is 2. The maximum Gasteiger partial charge on any atom is 0.178 e. The summed E-state index contributed by atoms with van der Waals surface area (Å²) in [6.45, 7) is 0. The Morgan fingerprint density at radius 3 is 2.88 bits per heavy atom. The lowest BCUT2D eigenvalue weighted by atomic mass is 10.2. The highest BCUT2D eigenvalue weighted by Gasteiger charge is 2.09. The van der Waals surface area contributed by atoms with Crippen molar-refractivity contribution in [3.05, 3.63) is 47.4 Å². The van der Waals surface area contributed by atoms with Gasteiger partial charge in [-0.25, -0.2) is 14.4 Å². The van der Waals surface area contributed by atoms with E-state index in [1.807, 2.05) is 18.2 Å². The average molecular weight is 248 g/mol. The third-order valence-electron chi connectivity index (χ3n) is 2.43. The van der Waals surface area contributed by atoms with Crippen LogP contribution >= 0.6 is 11.6 Å². The second-order valence-corrected chi connectivity index (χ2v) is 4.00. The molecule has 0 amide bonds. The smallest absolute Gasteiger partial charge is 0.178 e. The van der Waals surface area contributed by atoms with Crippen LogP contribution < -0.4 is 0 Å². The Hall–Kier alpha value is -1.94. The lowest BCUT2D eigenvalue weighted by Crippen LogP contribution is -1.81. The minimum atomic E-state index is -0.396. The minimum absolute atomic E-state index is 0.396. The summed E-state index contributed by atoms with van der Waals surface area (Å²) >= 11 is 6.06. The van der Waals surface area contributed by atoms with E-state index in [4.69, 9.17) is 11.6 Å². The zero-order valence-corrected chi connectivity index (χ0v) is 9.37. The van der Waals surface area contributed by atoms with Crippen LogP contribution in [0.5, 0.6) is 0 Å². The van der Waals surface area contributed by atoms with Gasteiger partial charge in [0.25, 0.3) is 0 Å². The molecule has 0 saturated heterocycles. The van der Waals surface area contributed by atoms with E-state index in [2.05, 4.69) is 15.0 Å². The molecule has 0 aliphatic carbocycles. The van der Waals surface area contributed by atoms with Gasteiger partial charge in [0, 0.05) is 11.6 Å². The summed E-state index contributed by atoms with van der Waals surface area (Å²) in [6.07, 6.45) is 1.14. The maximum absolute atomic E-state index is 13.0. The van der Waals surface area contributed by atoms with E-state index < -0.39 is 5.82 Å². The van der Waals surface area contributed by atoms with Gasteiger partial charge in [0.1, 0.15) is 11.6 Å². The molecular weight excluding hydrogens is 241 g/mol. The number of hydrogen-bond acceptors (Lipinski definition) is 2. The highest BCUT2D eigenvalue weighted by atomic mass is 35.5. The topological polar surface area (TPSA) is 41.6 Å². The Bertz CT molecular complexity index is 693. The van der Waals surface area contributed by atoms with Gasteiger partial charge in [-0.3, -0.25) is 0 Å². The van der Waals surface area contributed by atoms with Gasteiger partial charge in [-0.1, -0.05) is 23.7 Å². The molecule has 0 spiro atoms. The summed E-state index contributed by atoms with van der Waals surface area (Å²) in [5, 5.41) is 0.590. The van der Waals surface area contributed by atoms with Gasteiger partial charge in [0.05, 0.1) is 16.7 Å². The van der Waals surface area contributed by atoms with Crippen LogP contribution in [0.1, 0.15) is 0 Å². The van der Waals surface area contributed by atoms with E-state index in [1.54, 1.807) is 6.07 Å². The number of rotatable bonds is 1. The van der Waals surface area contributed by atoms with Crippen LogP contribution in [-0.4, -0.2) is 15.0 Å². The summed E-state index contributed by atoms with van der Waals surface area (Å²) in [7, 11) is 0. The van der Waals surface area contributed by atoms with E-state index >= 15 is 0 Å². The Balaban J connectivity index is 2.22. The number of benzene rings is 1. The molecule has 1 N–H and O–H groups in total. The minimum Gasteiger partial charge on any atom is -0.336 e. The molecule has 0 radical (unpaired) electrons. The van der Waals surface area contributed by atoms with E-state index in [0.29, 0.717) is 22.0 Å². The molecule has 0 fully saturated rings. The standard InChI is InChI=1S/C12H7ClFN3/c13-9-4-2-1-3-8(9)11-16-10-5-7(14)6-15-12(10)17-11/h1-6H,(H,15,16,17). The van der Waals surface area contributed by atoms with Gasteiger partial charge in [-0.2, -0.15) is 0 Å². The predicted molar refractivity (Wildman–Crippen MR) is 64.3 cm³/mol. The zero-order valence-electron chi connectivity index (χ0n) is 8.61. The van der Waals surface area contributed by atoms with Crippen LogP contribution in [0.25, 0.3) is 22.6 Å². The first kappa shape index (κ1) is 10.2. The van der Waals surface area contributed by atoms with Crippen LogP contribution in [0.4, 0.5) is 4.39 Å². The fourth-order valence-corrected chi connectivity index (χ4v) is 1.88. The molecule has 0 aliphatic heterocycles.